The predicted molar refractivity (Wildman–Crippen MR) is 109 cm³/mol. The molecule has 1 aromatic carbocycles. The Morgan fingerprint density at radius 3 is 2.52 bits per heavy atom. The first-order valence-corrected chi connectivity index (χ1v) is 10.3. The maximum atomic E-state index is 12.3. The van der Waals surface area contributed by atoms with Crippen LogP contribution in [0.2, 0.25) is 0 Å². The zero-order valence-corrected chi connectivity index (χ0v) is 16.6. The van der Waals surface area contributed by atoms with Crippen molar-refractivity contribution in [2.24, 2.45) is 5.92 Å². The molecule has 140 valence electrons. The van der Waals surface area contributed by atoms with Crippen molar-refractivity contribution in [3.63, 3.8) is 0 Å². The van der Waals surface area contributed by atoms with Gasteiger partial charge in [0.2, 0.25) is 5.91 Å². The van der Waals surface area contributed by atoms with Crippen LogP contribution in [0.25, 0.3) is 0 Å². The second-order valence-corrected chi connectivity index (χ2v) is 8.86. The maximum absolute atomic E-state index is 12.3. The van der Waals surface area contributed by atoms with Gasteiger partial charge in [0.15, 0.2) is 0 Å². The van der Waals surface area contributed by atoms with Crippen molar-refractivity contribution >= 4 is 30.1 Å². The Labute approximate surface area is 162 Å². The lowest BCUT2D eigenvalue weighted by molar-refractivity contribution is -0.121. The molecule has 2 fully saturated rings. The Morgan fingerprint density at radius 2 is 1.84 bits per heavy atom. The molecule has 1 aliphatic heterocycles. The minimum atomic E-state index is 0. The highest BCUT2D eigenvalue weighted by Crippen LogP contribution is 2.44. The Balaban J connectivity index is 0.00000225. The van der Waals surface area contributed by atoms with Crippen LogP contribution in [0.15, 0.2) is 35.2 Å². The van der Waals surface area contributed by atoms with E-state index in [1.165, 1.54) is 43.4 Å². The van der Waals surface area contributed by atoms with E-state index in [2.05, 4.69) is 41.0 Å². The van der Waals surface area contributed by atoms with Gasteiger partial charge in [-0.05, 0) is 63.2 Å². The van der Waals surface area contributed by atoms with Crippen LogP contribution in [0.1, 0.15) is 51.4 Å². The average molecular weight is 383 g/mol. The van der Waals surface area contributed by atoms with Crippen LogP contribution in [0.4, 0.5) is 0 Å². The van der Waals surface area contributed by atoms with Gasteiger partial charge < -0.3 is 10.6 Å². The number of thioether (sulfide) groups is 1. The van der Waals surface area contributed by atoms with Gasteiger partial charge in [-0.15, -0.1) is 24.2 Å². The minimum absolute atomic E-state index is 0. The topological polar surface area (TPSA) is 41.1 Å². The molecule has 0 atom stereocenters. The van der Waals surface area contributed by atoms with Crippen LogP contribution in [0, 0.1) is 5.92 Å². The zero-order valence-electron chi connectivity index (χ0n) is 15.0. The summed E-state index contributed by atoms with van der Waals surface area (Å²) >= 11 is 1.96. The summed E-state index contributed by atoms with van der Waals surface area (Å²) in [5.41, 5.74) is 0. The minimum Gasteiger partial charge on any atom is -0.355 e. The molecular weight excluding hydrogens is 352 g/mol. The van der Waals surface area contributed by atoms with Crippen molar-refractivity contribution in [2.45, 2.75) is 61.0 Å². The van der Waals surface area contributed by atoms with E-state index in [0.29, 0.717) is 6.42 Å². The first kappa shape index (κ1) is 20.6. The van der Waals surface area contributed by atoms with Crippen molar-refractivity contribution < 1.29 is 4.79 Å². The Morgan fingerprint density at radius 1 is 1.16 bits per heavy atom. The summed E-state index contributed by atoms with van der Waals surface area (Å²) in [7, 11) is 0. The van der Waals surface area contributed by atoms with E-state index < -0.39 is 0 Å². The number of piperidine rings is 1. The summed E-state index contributed by atoms with van der Waals surface area (Å²) in [5, 5.41) is 6.64. The third kappa shape index (κ3) is 6.50. The zero-order chi connectivity index (χ0) is 16.7. The first-order valence-electron chi connectivity index (χ1n) is 9.47. The Hall–Kier alpha value is -0.710. The van der Waals surface area contributed by atoms with Gasteiger partial charge in [-0.1, -0.05) is 31.0 Å². The number of hydrogen-bond acceptors (Lipinski definition) is 3. The van der Waals surface area contributed by atoms with Gasteiger partial charge >= 0.3 is 0 Å². The van der Waals surface area contributed by atoms with Gasteiger partial charge in [0, 0.05) is 22.6 Å². The fourth-order valence-corrected chi connectivity index (χ4v) is 5.36. The smallest absolute Gasteiger partial charge is 0.220 e. The van der Waals surface area contributed by atoms with Gasteiger partial charge in [0.25, 0.3) is 0 Å². The number of halogens is 1. The predicted octanol–water partition coefficient (Wildman–Crippen LogP) is 4.41. The van der Waals surface area contributed by atoms with Crippen LogP contribution < -0.4 is 10.6 Å². The number of nitrogens with one attached hydrogen (secondary N) is 2. The fourth-order valence-electron chi connectivity index (χ4n) is 3.93. The number of amides is 1. The summed E-state index contributed by atoms with van der Waals surface area (Å²) in [6.45, 7) is 3.05. The molecule has 3 rings (SSSR count). The molecule has 1 aromatic rings. The normalized spacial score (nSPS) is 20.0. The van der Waals surface area contributed by atoms with Crippen molar-refractivity contribution in [3.8, 4) is 0 Å². The first-order chi connectivity index (χ1) is 11.8. The van der Waals surface area contributed by atoms with Gasteiger partial charge in [-0.3, -0.25) is 4.79 Å². The van der Waals surface area contributed by atoms with E-state index in [0.717, 1.165) is 32.0 Å². The van der Waals surface area contributed by atoms with Crippen molar-refractivity contribution in [1.82, 2.24) is 10.6 Å². The summed E-state index contributed by atoms with van der Waals surface area (Å²) in [6.07, 6.45) is 9.17. The second kappa shape index (κ2) is 10.4. The molecule has 0 unspecified atom stereocenters. The van der Waals surface area contributed by atoms with E-state index in [1.54, 1.807) is 0 Å². The van der Waals surface area contributed by atoms with E-state index in [1.807, 2.05) is 11.8 Å². The van der Waals surface area contributed by atoms with Crippen molar-refractivity contribution in [1.29, 1.82) is 0 Å². The molecule has 2 N–H and O–H groups in total. The Bertz CT molecular complexity index is 514. The van der Waals surface area contributed by atoms with Crippen molar-refractivity contribution in [2.75, 3.05) is 19.6 Å². The van der Waals surface area contributed by atoms with Gasteiger partial charge in [-0.25, -0.2) is 0 Å². The molecule has 1 saturated carbocycles. The molecule has 2 aliphatic rings. The number of carbonyl (C=O) groups is 1. The summed E-state index contributed by atoms with van der Waals surface area (Å²) in [6, 6.07) is 10.6. The molecule has 0 aromatic heterocycles. The molecule has 3 nitrogen and oxygen atoms in total. The monoisotopic (exact) mass is 382 g/mol. The third-order valence-corrected chi connectivity index (χ3v) is 6.93. The standard InChI is InChI=1S/C20H30N2OS.ClH/c23-19(9-8-17-10-14-21-15-11-17)22-16-20(12-4-5-13-20)24-18-6-2-1-3-7-18;/h1-3,6-7,17,21H,4-5,8-16H2,(H,22,23);1H. The van der Waals surface area contributed by atoms with Gasteiger partial charge in [-0.2, -0.15) is 0 Å². The van der Waals surface area contributed by atoms with Crippen LogP contribution in [-0.4, -0.2) is 30.3 Å². The fraction of sp³-hybridized carbons (Fsp3) is 0.650. The lowest BCUT2D eigenvalue weighted by Gasteiger charge is -2.29. The molecule has 5 heteroatoms. The molecule has 25 heavy (non-hydrogen) atoms. The molecule has 0 radical (unpaired) electrons. The number of hydrogen-bond donors (Lipinski definition) is 2. The summed E-state index contributed by atoms with van der Waals surface area (Å²) in [4.78, 5) is 13.6. The maximum Gasteiger partial charge on any atom is 0.220 e. The lowest BCUT2D eigenvalue weighted by Crippen LogP contribution is -2.38. The number of rotatable bonds is 7. The quantitative estimate of drug-likeness (QED) is 0.733. The average Bonchev–Trinajstić information content (AvgIpc) is 3.09. The van der Waals surface area contributed by atoms with E-state index >= 15 is 0 Å². The van der Waals surface area contributed by atoms with E-state index in [9.17, 15) is 4.79 Å². The van der Waals surface area contributed by atoms with Crippen LogP contribution in [-0.2, 0) is 4.79 Å². The van der Waals surface area contributed by atoms with Crippen LogP contribution >= 0.6 is 24.2 Å². The highest BCUT2D eigenvalue weighted by atomic mass is 35.5. The highest BCUT2D eigenvalue weighted by molar-refractivity contribution is 8.00. The van der Waals surface area contributed by atoms with Crippen molar-refractivity contribution in [3.05, 3.63) is 30.3 Å². The molecule has 1 aliphatic carbocycles. The SMILES string of the molecule is Cl.O=C(CCC1CCNCC1)NCC1(Sc2ccccc2)CCCC1. The highest BCUT2D eigenvalue weighted by Gasteiger charge is 2.35. The number of benzene rings is 1. The summed E-state index contributed by atoms with van der Waals surface area (Å²) in [5.74, 6) is 0.976. The van der Waals surface area contributed by atoms with Gasteiger partial charge in [0.05, 0.1) is 0 Å². The molecule has 0 spiro atoms. The van der Waals surface area contributed by atoms with Gasteiger partial charge in [0.1, 0.15) is 0 Å². The second-order valence-electron chi connectivity index (χ2n) is 7.31. The third-order valence-electron chi connectivity index (χ3n) is 5.44. The molecule has 0 bridgehead atoms. The summed E-state index contributed by atoms with van der Waals surface area (Å²) < 4.78 is 0.200. The molecular formula is C20H31ClN2OS. The van der Waals surface area contributed by atoms with Crippen LogP contribution in [0.5, 0.6) is 0 Å². The molecule has 1 amide bonds. The largest absolute Gasteiger partial charge is 0.355 e. The Kier molecular flexibility index (Phi) is 8.60. The van der Waals surface area contributed by atoms with E-state index in [4.69, 9.17) is 0 Å². The van der Waals surface area contributed by atoms with E-state index in [-0.39, 0.29) is 23.1 Å². The lowest BCUT2D eigenvalue weighted by atomic mass is 9.93. The van der Waals surface area contributed by atoms with Crippen LogP contribution in [0.3, 0.4) is 0 Å². The molecule has 1 saturated heterocycles. The number of carbonyl (C=O) groups excluding carboxylic acids is 1. The molecule has 1 heterocycles.